The SMILES string of the molecule is Clc1ccc(NC2=NC(Cc3ccccc3)CS2)cc1Br. The van der Waals surface area contributed by atoms with Crippen molar-refractivity contribution in [2.24, 2.45) is 4.99 Å². The van der Waals surface area contributed by atoms with Gasteiger partial charge in [0.2, 0.25) is 0 Å². The van der Waals surface area contributed by atoms with Crippen molar-refractivity contribution in [2.45, 2.75) is 12.5 Å². The maximum Gasteiger partial charge on any atom is 0.161 e. The molecule has 108 valence electrons. The van der Waals surface area contributed by atoms with Crippen molar-refractivity contribution in [3.05, 3.63) is 63.6 Å². The lowest BCUT2D eigenvalue weighted by Gasteiger charge is -2.06. The number of rotatable bonds is 3. The van der Waals surface area contributed by atoms with E-state index in [1.165, 1.54) is 5.56 Å². The molecule has 0 aliphatic carbocycles. The molecule has 1 aliphatic heterocycles. The van der Waals surface area contributed by atoms with E-state index < -0.39 is 0 Å². The molecule has 2 nitrogen and oxygen atoms in total. The van der Waals surface area contributed by atoms with Crippen LogP contribution in [0.1, 0.15) is 5.56 Å². The summed E-state index contributed by atoms with van der Waals surface area (Å²) < 4.78 is 0.888. The Morgan fingerprint density at radius 1 is 1.24 bits per heavy atom. The zero-order valence-corrected chi connectivity index (χ0v) is 14.4. The van der Waals surface area contributed by atoms with E-state index in [0.717, 1.165) is 27.5 Å². The van der Waals surface area contributed by atoms with Gasteiger partial charge in [-0.05, 0) is 46.1 Å². The molecular formula is C16H14BrClN2S. The number of halogens is 2. The lowest BCUT2D eigenvalue weighted by Crippen LogP contribution is -2.08. The summed E-state index contributed by atoms with van der Waals surface area (Å²) in [7, 11) is 0. The second kappa shape index (κ2) is 6.86. The van der Waals surface area contributed by atoms with Gasteiger partial charge in [-0.2, -0.15) is 0 Å². The average Bonchev–Trinajstić information content (AvgIpc) is 2.91. The minimum atomic E-state index is 0.343. The van der Waals surface area contributed by atoms with E-state index in [1.807, 2.05) is 24.3 Å². The average molecular weight is 382 g/mol. The van der Waals surface area contributed by atoms with E-state index in [2.05, 4.69) is 45.5 Å². The van der Waals surface area contributed by atoms with E-state index in [9.17, 15) is 0 Å². The minimum absolute atomic E-state index is 0.343. The van der Waals surface area contributed by atoms with Crippen LogP contribution in [0.25, 0.3) is 0 Å². The van der Waals surface area contributed by atoms with Gasteiger partial charge in [-0.25, -0.2) is 0 Å². The molecule has 21 heavy (non-hydrogen) atoms. The van der Waals surface area contributed by atoms with Gasteiger partial charge in [0.1, 0.15) is 0 Å². The number of nitrogens with zero attached hydrogens (tertiary/aromatic N) is 1. The molecule has 2 aromatic rings. The van der Waals surface area contributed by atoms with Crippen LogP contribution in [0.15, 0.2) is 58.0 Å². The number of nitrogens with one attached hydrogen (secondary N) is 1. The van der Waals surface area contributed by atoms with Crippen LogP contribution in [0.5, 0.6) is 0 Å². The molecule has 0 saturated heterocycles. The molecule has 3 rings (SSSR count). The van der Waals surface area contributed by atoms with Crippen molar-refractivity contribution in [1.82, 2.24) is 0 Å². The maximum absolute atomic E-state index is 6.00. The number of anilines is 1. The predicted molar refractivity (Wildman–Crippen MR) is 96.6 cm³/mol. The third-order valence-electron chi connectivity index (χ3n) is 3.20. The fourth-order valence-corrected chi connectivity index (χ4v) is 3.62. The largest absolute Gasteiger partial charge is 0.335 e. The number of thioether (sulfide) groups is 1. The van der Waals surface area contributed by atoms with Crippen LogP contribution < -0.4 is 5.32 Å². The normalized spacial score (nSPS) is 17.6. The van der Waals surface area contributed by atoms with E-state index >= 15 is 0 Å². The predicted octanol–water partition coefficient (Wildman–Crippen LogP) is 5.23. The van der Waals surface area contributed by atoms with Crippen LogP contribution in [-0.4, -0.2) is 17.0 Å². The van der Waals surface area contributed by atoms with Crippen molar-refractivity contribution >= 4 is 50.1 Å². The molecule has 1 atom stereocenters. The summed E-state index contributed by atoms with van der Waals surface area (Å²) in [6, 6.07) is 16.6. The molecule has 0 aromatic heterocycles. The Kier molecular flexibility index (Phi) is 4.88. The van der Waals surface area contributed by atoms with Crippen LogP contribution in [0.4, 0.5) is 5.69 Å². The van der Waals surface area contributed by atoms with Gasteiger partial charge < -0.3 is 5.32 Å². The molecule has 0 amide bonds. The molecule has 1 N–H and O–H groups in total. The smallest absolute Gasteiger partial charge is 0.161 e. The summed E-state index contributed by atoms with van der Waals surface area (Å²) in [6.07, 6.45) is 0.989. The lowest BCUT2D eigenvalue weighted by atomic mass is 10.1. The van der Waals surface area contributed by atoms with Gasteiger partial charge in [0.25, 0.3) is 0 Å². The van der Waals surface area contributed by atoms with E-state index in [4.69, 9.17) is 16.6 Å². The fraction of sp³-hybridized carbons (Fsp3) is 0.188. The molecule has 1 heterocycles. The van der Waals surface area contributed by atoms with Crippen LogP contribution in [0, 0.1) is 0 Å². The van der Waals surface area contributed by atoms with Crippen LogP contribution in [0.2, 0.25) is 5.02 Å². The van der Waals surface area contributed by atoms with Crippen LogP contribution >= 0.6 is 39.3 Å². The molecule has 0 saturated carbocycles. The van der Waals surface area contributed by atoms with E-state index in [-0.39, 0.29) is 0 Å². The second-order valence-corrected chi connectivity index (χ2v) is 7.11. The summed E-state index contributed by atoms with van der Waals surface area (Å²) in [5.74, 6) is 1.02. The molecular weight excluding hydrogens is 368 g/mol. The van der Waals surface area contributed by atoms with Gasteiger partial charge >= 0.3 is 0 Å². The topological polar surface area (TPSA) is 24.4 Å². The first-order chi connectivity index (χ1) is 10.2. The Hall–Kier alpha value is -0.970. The molecule has 0 radical (unpaired) electrons. The number of amidine groups is 1. The zero-order chi connectivity index (χ0) is 14.7. The molecule has 1 aliphatic rings. The lowest BCUT2D eigenvalue weighted by molar-refractivity contribution is 0.762. The van der Waals surface area contributed by atoms with Crippen LogP contribution in [-0.2, 0) is 6.42 Å². The van der Waals surface area contributed by atoms with Crippen LogP contribution in [0.3, 0.4) is 0 Å². The van der Waals surface area contributed by atoms with Crippen molar-refractivity contribution < 1.29 is 0 Å². The fourth-order valence-electron chi connectivity index (χ4n) is 2.17. The van der Waals surface area contributed by atoms with E-state index in [1.54, 1.807) is 11.8 Å². The van der Waals surface area contributed by atoms with Gasteiger partial charge in [0.05, 0.1) is 11.1 Å². The van der Waals surface area contributed by atoms with Gasteiger partial charge in [0, 0.05) is 15.9 Å². The minimum Gasteiger partial charge on any atom is -0.335 e. The molecule has 1 unspecified atom stereocenters. The third kappa shape index (κ3) is 4.02. The Labute approximate surface area is 142 Å². The monoisotopic (exact) mass is 380 g/mol. The van der Waals surface area contributed by atoms with Crippen molar-refractivity contribution in [2.75, 3.05) is 11.1 Å². The molecule has 0 spiro atoms. The first-order valence-corrected chi connectivity index (χ1v) is 8.83. The van der Waals surface area contributed by atoms with Gasteiger partial charge in [0.15, 0.2) is 5.17 Å². The summed E-state index contributed by atoms with van der Waals surface area (Å²) in [5, 5.41) is 5.04. The number of hydrogen-bond donors (Lipinski definition) is 1. The van der Waals surface area contributed by atoms with Crippen molar-refractivity contribution in [3.8, 4) is 0 Å². The zero-order valence-electron chi connectivity index (χ0n) is 11.2. The highest BCUT2D eigenvalue weighted by molar-refractivity contribution is 9.10. The summed E-state index contributed by atoms with van der Waals surface area (Å²) in [4.78, 5) is 4.75. The van der Waals surface area contributed by atoms with Gasteiger partial charge in [-0.15, -0.1) is 0 Å². The summed E-state index contributed by atoms with van der Waals surface area (Å²) in [5.41, 5.74) is 2.33. The Bertz CT molecular complexity index is 661. The highest BCUT2D eigenvalue weighted by Gasteiger charge is 2.18. The van der Waals surface area contributed by atoms with Crippen molar-refractivity contribution in [3.63, 3.8) is 0 Å². The first kappa shape index (κ1) is 14.9. The van der Waals surface area contributed by atoms with E-state index in [0.29, 0.717) is 11.1 Å². The maximum atomic E-state index is 6.00. The molecule has 0 fully saturated rings. The Morgan fingerprint density at radius 2 is 2.05 bits per heavy atom. The standard InChI is InChI=1S/C16H14BrClN2S/c17-14-9-12(6-7-15(14)18)19-16-20-13(10-21-16)8-11-4-2-1-3-5-11/h1-7,9,13H,8,10H2,(H,19,20). The first-order valence-electron chi connectivity index (χ1n) is 6.67. The number of benzene rings is 2. The highest BCUT2D eigenvalue weighted by atomic mass is 79.9. The van der Waals surface area contributed by atoms with Gasteiger partial charge in [-0.1, -0.05) is 53.7 Å². The Balaban J connectivity index is 1.64. The molecule has 2 aromatic carbocycles. The molecule has 0 bridgehead atoms. The summed E-state index contributed by atoms with van der Waals surface area (Å²) in [6.45, 7) is 0. The number of aliphatic imine (C=N–C) groups is 1. The third-order valence-corrected chi connectivity index (χ3v) is 5.44. The van der Waals surface area contributed by atoms with Gasteiger partial charge in [-0.3, -0.25) is 4.99 Å². The van der Waals surface area contributed by atoms with Crippen molar-refractivity contribution in [1.29, 1.82) is 0 Å². The quantitative estimate of drug-likeness (QED) is 0.787. The summed E-state index contributed by atoms with van der Waals surface area (Å²) >= 11 is 11.2. The second-order valence-electron chi connectivity index (χ2n) is 4.84. The molecule has 5 heteroatoms. The Morgan fingerprint density at radius 3 is 2.81 bits per heavy atom. The number of hydrogen-bond acceptors (Lipinski definition) is 3. The highest BCUT2D eigenvalue weighted by Crippen LogP contribution is 2.28.